The minimum absolute atomic E-state index is 0.0508. The largest absolute Gasteiger partial charge is 0.447 e. The van der Waals surface area contributed by atoms with Crippen LogP contribution >= 0.6 is 0 Å². The maximum Gasteiger partial charge on any atom is 0.447 e. The molecule has 0 rings (SSSR count). The number of carbonyl (C=O) groups excluding carboxylic acids is 2. The highest BCUT2D eigenvalue weighted by atomic mass is 17.2. The molecule has 2 N–H and O–H groups in total. The number of carbonyl (C=O) groups is 2. The molecule has 0 saturated carbocycles. The Morgan fingerprint density at radius 3 is 2.43 bits per heavy atom. The average molecular weight is 105 g/mol. The fourth-order valence-electron chi connectivity index (χ4n) is 0.0671. The summed E-state index contributed by atoms with van der Waals surface area (Å²) in [4.78, 5) is 25.5. The number of hydrogen-bond acceptors (Lipinski definition) is 4. The van der Waals surface area contributed by atoms with E-state index in [0.717, 1.165) is 0 Å². The summed E-state index contributed by atoms with van der Waals surface area (Å²) in [5.74, 6) is 0. The van der Waals surface area contributed by atoms with Crippen LogP contribution in [0.3, 0.4) is 0 Å². The molecule has 0 atom stereocenters. The molecule has 0 aliphatic heterocycles. The Kier molecular flexibility index (Phi) is 2.42. The van der Waals surface area contributed by atoms with Crippen molar-refractivity contribution in [2.24, 2.45) is 5.73 Å². The van der Waals surface area contributed by atoms with E-state index < -0.39 is 6.09 Å². The monoisotopic (exact) mass is 105 g/mol. The molecule has 0 heterocycles. The zero-order valence-corrected chi connectivity index (χ0v) is 3.29. The molecule has 1 amide bonds. The summed E-state index contributed by atoms with van der Waals surface area (Å²) in [7, 11) is 0. The number of primary amides is 1. The molecular formula is C2H3NO4. The van der Waals surface area contributed by atoms with Gasteiger partial charge in [0.15, 0.2) is 0 Å². The van der Waals surface area contributed by atoms with E-state index in [4.69, 9.17) is 4.79 Å². The highest BCUT2D eigenvalue weighted by Crippen LogP contribution is 1.67. The summed E-state index contributed by atoms with van der Waals surface area (Å²) >= 11 is 0. The molecule has 0 bridgehead atoms. The van der Waals surface area contributed by atoms with Crippen LogP contribution in [0, 0.1) is 0 Å². The van der Waals surface area contributed by atoms with Crippen molar-refractivity contribution in [3.8, 4) is 0 Å². The van der Waals surface area contributed by atoms with Crippen LogP contribution in [0.25, 0.3) is 0 Å². The lowest BCUT2D eigenvalue weighted by Crippen LogP contribution is -2.12. The summed E-state index contributed by atoms with van der Waals surface area (Å²) in [6.07, 6.45) is -1.15. The molecule has 5 heteroatoms. The first-order valence-corrected chi connectivity index (χ1v) is 1.33. The second-order valence-electron chi connectivity index (χ2n) is 0.595. The maximum atomic E-state index is 9.47. The molecule has 0 fully saturated rings. The predicted molar refractivity (Wildman–Crippen MR) is 17.8 cm³/mol. The first kappa shape index (κ1) is 5.74. The molecule has 0 unspecified atom stereocenters. The second-order valence-corrected chi connectivity index (χ2v) is 0.595. The Balaban J connectivity index is 2.97. The van der Waals surface area contributed by atoms with Crippen molar-refractivity contribution in [1.29, 1.82) is 0 Å². The van der Waals surface area contributed by atoms with E-state index in [9.17, 15) is 4.79 Å². The smallest absolute Gasteiger partial charge is 0.332 e. The number of nitrogens with two attached hydrogens (primary N) is 1. The van der Waals surface area contributed by atoms with Gasteiger partial charge in [0.2, 0.25) is 0 Å². The van der Waals surface area contributed by atoms with Crippen molar-refractivity contribution in [2.45, 2.75) is 0 Å². The van der Waals surface area contributed by atoms with Gasteiger partial charge in [0, 0.05) is 0 Å². The lowest BCUT2D eigenvalue weighted by Gasteiger charge is -1.87. The third-order valence-corrected chi connectivity index (χ3v) is 0.170. The van der Waals surface area contributed by atoms with Crippen molar-refractivity contribution in [3.63, 3.8) is 0 Å². The number of hydrogen-bond donors (Lipinski definition) is 1. The van der Waals surface area contributed by atoms with Gasteiger partial charge < -0.3 is 5.73 Å². The van der Waals surface area contributed by atoms with Crippen LogP contribution in [0.5, 0.6) is 0 Å². The molecule has 0 aromatic heterocycles. The van der Waals surface area contributed by atoms with Crippen LogP contribution < -0.4 is 5.73 Å². The van der Waals surface area contributed by atoms with E-state index in [1.165, 1.54) is 0 Å². The molecule has 40 valence electrons. The molecular weight excluding hydrogens is 102 g/mol. The minimum Gasteiger partial charge on any atom is -0.332 e. The van der Waals surface area contributed by atoms with Gasteiger partial charge in [-0.25, -0.2) is 14.6 Å². The van der Waals surface area contributed by atoms with Crippen molar-refractivity contribution < 1.29 is 19.4 Å². The van der Waals surface area contributed by atoms with Crippen LogP contribution in [-0.4, -0.2) is 12.6 Å². The Morgan fingerprint density at radius 2 is 2.29 bits per heavy atom. The summed E-state index contributed by atoms with van der Waals surface area (Å²) in [5.41, 5.74) is 4.33. The highest BCUT2D eigenvalue weighted by molar-refractivity contribution is 5.64. The van der Waals surface area contributed by atoms with Gasteiger partial charge >= 0.3 is 12.6 Å². The van der Waals surface area contributed by atoms with E-state index >= 15 is 0 Å². The molecule has 0 saturated heterocycles. The van der Waals surface area contributed by atoms with E-state index in [-0.39, 0.29) is 6.47 Å². The third kappa shape index (κ3) is 4.74. The summed E-state index contributed by atoms with van der Waals surface area (Å²) in [6.45, 7) is -0.0508. The molecule has 0 aliphatic rings. The normalized spacial score (nSPS) is 6.86. The van der Waals surface area contributed by atoms with E-state index in [1.807, 2.05) is 0 Å². The molecule has 0 radical (unpaired) electrons. The van der Waals surface area contributed by atoms with Gasteiger partial charge in [0.25, 0.3) is 0 Å². The zero-order valence-electron chi connectivity index (χ0n) is 3.29. The fourth-order valence-corrected chi connectivity index (χ4v) is 0.0671. The Morgan fingerprint density at radius 1 is 1.71 bits per heavy atom. The first-order chi connectivity index (χ1) is 3.27. The quantitative estimate of drug-likeness (QED) is 0.282. The van der Waals surface area contributed by atoms with Gasteiger partial charge in [-0.1, -0.05) is 0 Å². The average Bonchev–Trinajstić information content (AvgIpc) is 1.61. The van der Waals surface area contributed by atoms with Crippen molar-refractivity contribution in [1.82, 2.24) is 0 Å². The Hall–Kier alpha value is -1.26. The van der Waals surface area contributed by atoms with Gasteiger partial charge in [0.1, 0.15) is 0 Å². The van der Waals surface area contributed by atoms with E-state index in [0.29, 0.717) is 0 Å². The Labute approximate surface area is 38.9 Å². The van der Waals surface area contributed by atoms with Gasteiger partial charge in [-0.3, -0.25) is 4.79 Å². The lowest BCUT2D eigenvalue weighted by molar-refractivity contribution is -0.214. The van der Waals surface area contributed by atoms with Crippen LogP contribution in [0.2, 0.25) is 0 Å². The van der Waals surface area contributed by atoms with Gasteiger partial charge in [-0.15, -0.1) is 0 Å². The molecule has 0 aromatic carbocycles. The first-order valence-electron chi connectivity index (χ1n) is 1.33. The fraction of sp³-hybridized carbons (Fsp3) is 0. The van der Waals surface area contributed by atoms with Gasteiger partial charge in [-0.05, 0) is 0 Å². The predicted octanol–water partition coefficient (Wildman–Crippen LogP) is -0.830. The van der Waals surface area contributed by atoms with Gasteiger partial charge in [0.05, 0.1) is 0 Å². The summed E-state index contributed by atoms with van der Waals surface area (Å²) in [6, 6.07) is 0. The lowest BCUT2D eigenvalue weighted by atomic mass is 11.3. The van der Waals surface area contributed by atoms with Crippen LogP contribution in [0.4, 0.5) is 4.79 Å². The highest BCUT2D eigenvalue weighted by Gasteiger charge is 1.88. The van der Waals surface area contributed by atoms with Gasteiger partial charge in [-0.2, -0.15) is 0 Å². The summed E-state index contributed by atoms with van der Waals surface area (Å²) in [5, 5.41) is 0. The zero-order chi connectivity index (χ0) is 5.70. The molecule has 0 aliphatic carbocycles. The SMILES string of the molecule is NC(=O)OOC=O. The molecule has 7 heavy (non-hydrogen) atoms. The van der Waals surface area contributed by atoms with E-state index in [1.54, 1.807) is 0 Å². The van der Waals surface area contributed by atoms with Crippen molar-refractivity contribution >= 4 is 12.6 Å². The number of amides is 1. The number of rotatable bonds is 2. The standard InChI is InChI=1S/C2H3NO4/c3-2(5)7-6-1-4/h1H,(H2,3,5). The van der Waals surface area contributed by atoms with E-state index in [2.05, 4.69) is 15.5 Å². The van der Waals surface area contributed by atoms with Crippen molar-refractivity contribution in [2.75, 3.05) is 0 Å². The van der Waals surface area contributed by atoms with Crippen LogP contribution in [0.1, 0.15) is 0 Å². The summed E-state index contributed by atoms with van der Waals surface area (Å²) < 4.78 is 0. The molecule has 0 spiro atoms. The molecule has 0 aromatic rings. The maximum absolute atomic E-state index is 9.47. The Bertz CT molecular complexity index is 79.8. The van der Waals surface area contributed by atoms with Crippen LogP contribution in [0.15, 0.2) is 0 Å². The topological polar surface area (TPSA) is 78.6 Å². The van der Waals surface area contributed by atoms with Crippen LogP contribution in [-0.2, 0) is 14.6 Å². The molecule has 5 nitrogen and oxygen atoms in total. The second kappa shape index (κ2) is 2.95. The van der Waals surface area contributed by atoms with Crippen molar-refractivity contribution in [3.05, 3.63) is 0 Å². The minimum atomic E-state index is -1.15. The third-order valence-electron chi connectivity index (χ3n) is 0.170.